The Morgan fingerprint density at radius 1 is 0.882 bits per heavy atom. The minimum absolute atomic E-state index is 0.346. The van der Waals surface area contributed by atoms with E-state index in [1.807, 2.05) is 0 Å². The van der Waals surface area contributed by atoms with Crippen LogP contribution < -0.4 is 5.73 Å². The van der Waals surface area contributed by atoms with Crippen molar-refractivity contribution < 1.29 is 4.79 Å². The van der Waals surface area contributed by atoms with Crippen molar-refractivity contribution in [1.82, 2.24) is 0 Å². The van der Waals surface area contributed by atoms with Crippen molar-refractivity contribution in [3.8, 4) is 0 Å². The number of carbonyl (C=O) groups is 1. The number of nitrogens with two attached hydrogens (primary N) is 1. The van der Waals surface area contributed by atoms with E-state index < -0.39 is 0 Å². The van der Waals surface area contributed by atoms with Gasteiger partial charge < -0.3 is 5.73 Å². The van der Waals surface area contributed by atoms with Gasteiger partial charge in [0, 0.05) is 5.57 Å². The summed E-state index contributed by atoms with van der Waals surface area (Å²) in [6.07, 6.45) is 13.9. The molecule has 0 heterocycles. The van der Waals surface area contributed by atoms with E-state index in [9.17, 15) is 4.79 Å². The first-order valence-corrected chi connectivity index (χ1v) is 7.16. The standard InChI is InChI=1S/C15H29NO/c1-3-4-5-6-7-8-9-10-11-12-13-14(2)15(16)17/h2-13H2,1H3,(H2,16,17). The Balaban J connectivity index is 3.08. The molecule has 0 aromatic heterocycles. The van der Waals surface area contributed by atoms with Crippen LogP contribution in [0.3, 0.4) is 0 Å². The van der Waals surface area contributed by atoms with Gasteiger partial charge in [0.1, 0.15) is 0 Å². The summed E-state index contributed by atoms with van der Waals surface area (Å²) in [5.41, 5.74) is 5.69. The lowest BCUT2D eigenvalue weighted by Crippen LogP contribution is -2.12. The molecule has 2 heteroatoms. The number of unbranched alkanes of at least 4 members (excludes halogenated alkanes) is 9. The van der Waals surface area contributed by atoms with E-state index in [4.69, 9.17) is 5.73 Å². The van der Waals surface area contributed by atoms with Crippen molar-refractivity contribution in [1.29, 1.82) is 0 Å². The first-order chi connectivity index (χ1) is 8.18. The number of hydrogen-bond donors (Lipinski definition) is 1. The third-order valence-corrected chi connectivity index (χ3v) is 3.18. The zero-order chi connectivity index (χ0) is 12.9. The number of carbonyl (C=O) groups excluding carboxylic acids is 1. The van der Waals surface area contributed by atoms with Crippen LogP contribution in [0.2, 0.25) is 0 Å². The minimum atomic E-state index is -0.346. The van der Waals surface area contributed by atoms with Crippen molar-refractivity contribution in [2.24, 2.45) is 5.73 Å². The van der Waals surface area contributed by atoms with E-state index >= 15 is 0 Å². The summed E-state index contributed by atoms with van der Waals surface area (Å²) >= 11 is 0. The fraction of sp³-hybridized carbons (Fsp3) is 0.800. The highest BCUT2D eigenvalue weighted by molar-refractivity contribution is 5.91. The van der Waals surface area contributed by atoms with Gasteiger partial charge in [0.2, 0.25) is 5.91 Å². The Labute approximate surface area is 107 Å². The lowest BCUT2D eigenvalue weighted by Gasteiger charge is -2.03. The molecule has 0 fully saturated rings. The highest BCUT2D eigenvalue weighted by Gasteiger charge is 2.00. The summed E-state index contributed by atoms with van der Waals surface area (Å²) < 4.78 is 0. The van der Waals surface area contributed by atoms with Gasteiger partial charge in [-0.05, 0) is 12.8 Å². The molecule has 0 aliphatic carbocycles. The minimum Gasteiger partial charge on any atom is -0.366 e. The smallest absolute Gasteiger partial charge is 0.244 e. The maximum atomic E-state index is 10.7. The molecule has 17 heavy (non-hydrogen) atoms. The highest BCUT2D eigenvalue weighted by Crippen LogP contribution is 2.12. The highest BCUT2D eigenvalue weighted by atomic mass is 16.1. The first kappa shape index (κ1) is 16.2. The molecule has 0 aliphatic heterocycles. The molecule has 0 unspecified atom stereocenters. The predicted octanol–water partition coefficient (Wildman–Crippen LogP) is 4.34. The Kier molecular flexibility index (Phi) is 11.1. The van der Waals surface area contributed by atoms with Crippen LogP contribution in [0.4, 0.5) is 0 Å². The molecular weight excluding hydrogens is 210 g/mol. The SMILES string of the molecule is C=C(CCCCCCCCCCCC)C(N)=O. The molecule has 0 aromatic rings. The van der Waals surface area contributed by atoms with Crippen molar-refractivity contribution in [3.63, 3.8) is 0 Å². The second kappa shape index (κ2) is 11.7. The van der Waals surface area contributed by atoms with E-state index in [1.54, 1.807) is 0 Å². The molecule has 2 nitrogen and oxygen atoms in total. The third-order valence-electron chi connectivity index (χ3n) is 3.18. The van der Waals surface area contributed by atoms with Crippen LogP contribution in [0, 0.1) is 0 Å². The Bertz CT molecular complexity index is 211. The van der Waals surface area contributed by atoms with Gasteiger partial charge in [-0.1, -0.05) is 71.3 Å². The molecule has 0 saturated carbocycles. The maximum Gasteiger partial charge on any atom is 0.244 e. The Morgan fingerprint density at radius 3 is 1.71 bits per heavy atom. The summed E-state index contributed by atoms with van der Waals surface area (Å²) in [6, 6.07) is 0. The van der Waals surface area contributed by atoms with Crippen LogP contribution in [0.5, 0.6) is 0 Å². The molecule has 100 valence electrons. The summed E-state index contributed by atoms with van der Waals surface area (Å²) in [5, 5.41) is 0. The molecular formula is C15H29NO. The van der Waals surface area contributed by atoms with Gasteiger partial charge in [-0.15, -0.1) is 0 Å². The molecule has 0 radical (unpaired) electrons. The number of amides is 1. The lowest BCUT2D eigenvalue weighted by atomic mass is 10.0. The van der Waals surface area contributed by atoms with Crippen molar-refractivity contribution >= 4 is 5.91 Å². The normalized spacial score (nSPS) is 10.4. The van der Waals surface area contributed by atoms with Gasteiger partial charge in [0.15, 0.2) is 0 Å². The van der Waals surface area contributed by atoms with Gasteiger partial charge in [-0.3, -0.25) is 4.79 Å². The fourth-order valence-corrected chi connectivity index (χ4v) is 1.95. The average Bonchev–Trinajstić information content (AvgIpc) is 2.31. The average molecular weight is 239 g/mol. The topological polar surface area (TPSA) is 43.1 Å². The van der Waals surface area contributed by atoms with Crippen molar-refractivity contribution in [3.05, 3.63) is 12.2 Å². The summed E-state index contributed by atoms with van der Waals surface area (Å²) in [7, 11) is 0. The van der Waals surface area contributed by atoms with Crippen LogP contribution in [0.25, 0.3) is 0 Å². The second-order valence-electron chi connectivity index (χ2n) is 4.90. The zero-order valence-electron chi connectivity index (χ0n) is 11.5. The van der Waals surface area contributed by atoms with E-state index in [2.05, 4.69) is 13.5 Å². The molecule has 0 rings (SSSR count). The van der Waals surface area contributed by atoms with Gasteiger partial charge in [0.05, 0.1) is 0 Å². The summed E-state index contributed by atoms with van der Waals surface area (Å²) in [6.45, 7) is 5.91. The molecule has 0 aliphatic rings. The maximum absolute atomic E-state index is 10.7. The van der Waals surface area contributed by atoms with Crippen LogP contribution >= 0.6 is 0 Å². The van der Waals surface area contributed by atoms with Crippen LogP contribution in [-0.4, -0.2) is 5.91 Å². The van der Waals surface area contributed by atoms with E-state index in [0.717, 1.165) is 12.8 Å². The Morgan fingerprint density at radius 2 is 1.29 bits per heavy atom. The molecule has 1 amide bonds. The number of hydrogen-bond acceptors (Lipinski definition) is 1. The number of primary amides is 1. The second-order valence-corrected chi connectivity index (χ2v) is 4.90. The first-order valence-electron chi connectivity index (χ1n) is 7.16. The van der Waals surface area contributed by atoms with Gasteiger partial charge in [-0.25, -0.2) is 0 Å². The molecule has 0 aromatic carbocycles. The molecule has 0 atom stereocenters. The van der Waals surface area contributed by atoms with E-state index in [-0.39, 0.29) is 5.91 Å². The van der Waals surface area contributed by atoms with Crippen LogP contribution in [0.15, 0.2) is 12.2 Å². The van der Waals surface area contributed by atoms with Crippen molar-refractivity contribution in [2.45, 2.75) is 77.6 Å². The summed E-state index contributed by atoms with van der Waals surface area (Å²) in [4.78, 5) is 10.7. The van der Waals surface area contributed by atoms with E-state index in [1.165, 1.54) is 57.8 Å². The third kappa shape index (κ3) is 11.5. The van der Waals surface area contributed by atoms with Gasteiger partial charge >= 0.3 is 0 Å². The zero-order valence-corrected chi connectivity index (χ0v) is 11.5. The van der Waals surface area contributed by atoms with Crippen LogP contribution in [-0.2, 0) is 4.79 Å². The molecule has 0 spiro atoms. The Hall–Kier alpha value is -0.790. The largest absolute Gasteiger partial charge is 0.366 e. The molecule has 0 bridgehead atoms. The lowest BCUT2D eigenvalue weighted by molar-refractivity contribution is -0.114. The van der Waals surface area contributed by atoms with Crippen LogP contribution in [0.1, 0.15) is 77.6 Å². The fourth-order valence-electron chi connectivity index (χ4n) is 1.95. The van der Waals surface area contributed by atoms with E-state index in [0.29, 0.717) is 5.57 Å². The number of rotatable bonds is 12. The van der Waals surface area contributed by atoms with Crippen molar-refractivity contribution in [2.75, 3.05) is 0 Å². The quantitative estimate of drug-likeness (QED) is 0.399. The van der Waals surface area contributed by atoms with Gasteiger partial charge in [-0.2, -0.15) is 0 Å². The molecule has 0 saturated heterocycles. The summed E-state index contributed by atoms with van der Waals surface area (Å²) in [5.74, 6) is -0.346. The van der Waals surface area contributed by atoms with Gasteiger partial charge in [0.25, 0.3) is 0 Å². The monoisotopic (exact) mass is 239 g/mol. The molecule has 2 N–H and O–H groups in total. The predicted molar refractivity (Wildman–Crippen MR) is 74.8 cm³/mol.